The second-order valence-electron chi connectivity index (χ2n) is 5.93. The Morgan fingerprint density at radius 1 is 1.04 bits per heavy atom. The van der Waals surface area contributed by atoms with Gasteiger partial charge in [-0.25, -0.2) is 4.98 Å². The van der Waals surface area contributed by atoms with Crippen LogP contribution in [0.5, 0.6) is 5.75 Å². The summed E-state index contributed by atoms with van der Waals surface area (Å²) in [4.78, 5) is 18.8. The molecule has 0 aliphatic carbocycles. The van der Waals surface area contributed by atoms with Gasteiger partial charge >= 0.3 is 0 Å². The minimum absolute atomic E-state index is 0.181. The number of methoxy groups -OCH3 is 1. The Labute approximate surface area is 153 Å². The maximum absolute atomic E-state index is 12.3. The van der Waals surface area contributed by atoms with Gasteiger partial charge in [0.15, 0.2) is 0 Å². The summed E-state index contributed by atoms with van der Waals surface area (Å²) in [6.45, 7) is 0.769. The molecule has 5 heteroatoms. The summed E-state index contributed by atoms with van der Waals surface area (Å²) in [6.07, 6.45) is 1.66. The molecule has 1 amide bonds. The predicted octanol–water partition coefficient (Wildman–Crippen LogP) is 3.98. The van der Waals surface area contributed by atoms with Crippen LogP contribution in [0.3, 0.4) is 0 Å². The van der Waals surface area contributed by atoms with Crippen LogP contribution in [0.25, 0.3) is 0 Å². The molecule has 0 saturated heterocycles. The maximum Gasteiger partial charge on any atom is 0.255 e. The fourth-order valence-corrected chi connectivity index (χ4v) is 2.57. The number of nitrogens with zero attached hydrogens (tertiary/aromatic N) is 2. The van der Waals surface area contributed by atoms with Crippen molar-refractivity contribution in [2.45, 2.75) is 6.54 Å². The van der Waals surface area contributed by atoms with Gasteiger partial charge in [0.2, 0.25) is 0 Å². The van der Waals surface area contributed by atoms with Crippen molar-refractivity contribution in [1.29, 1.82) is 0 Å². The van der Waals surface area contributed by atoms with Crippen LogP contribution in [0.4, 0.5) is 11.5 Å². The molecule has 0 atom stereocenters. The van der Waals surface area contributed by atoms with E-state index in [2.05, 4.69) is 27.3 Å². The van der Waals surface area contributed by atoms with Gasteiger partial charge in [0, 0.05) is 19.2 Å². The molecular weight excluding hydrogens is 326 g/mol. The summed E-state index contributed by atoms with van der Waals surface area (Å²) in [5.41, 5.74) is 2.44. The van der Waals surface area contributed by atoms with Gasteiger partial charge in [-0.1, -0.05) is 30.3 Å². The fourth-order valence-electron chi connectivity index (χ4n) is 2.57. The molecule has 2 aromatic carbocycles. The topological polar surface area (TPSA) is 54.5 Å². The van der Waals surface area contributed by atoms with Gasteiger partial charge in [0.1, 0.15) is 11.6 Å². The van der Waals surface area contributed by atoms with Gasteiger partial charge in [-0.2, -0.15) is 0 Å². The van der Waals surface area contributed by atoms with Crippen molar-refractivity contribution in [3.05, 3.63) is 84.1 Å². The largest absolute Gasteiger partial charge is 0.497 e. The van der Waals surface area contributed by atoms with E-state index in [0.717, 1.165) is 12.4 Å². The number of carbonyl (C=O) groups is 1. The first-order valence-corrected chi connectivity index (χ1v) is 8.32. The Hall–Kier alpha value is -3.34. The highest BCUT2D eigenvalue weighted by atomic mass is 16.5. The number of anilines is 2. The zero-order valence-electron chi connectivity index (χ0n) is 14.8. The normalized spacial score (nSPS) is 10.2. The lowest BCUT2D eigenvalue weighted by atomic mass is 10.2. The second kappa shape index (κ2) is 8.16. The van der Waals surface area contributed by atoms with Gasteiger partial charge in [-0.3, -0.25) is 4.79 Å². The zero-order chi connectivity index (χ0) is 18.4. The lowest BCUT2D eigenvalue weighted by Crippen LogP contribution is -2.18. The van der Waals surface area contributed by atoms with Gasteiger partial charge in [-0.15, -0.1) is 0 Å². The minimum Gasteiger partial charge on any atom is -0.497 e. The number of carbonyl (C=O) groups excluding carboxylic acids is 1. The van der Waals surface area contributed by atoms with E-state index in [9.17, 15) is 4.79 Å². The summed E-state index contributed by atoms with van der Waals surface area (Å²) in [5.74, 6) is 1.38. The quantitative estimate of drug-likeness (QED) is 0.733. The second-order valence-corrected chi connectivity index (χ2v) is 5.93. The lowest BCUT2D eigenvalue weighted by molar-refractivity contribution is 0.102. The summed E-state index contributed by atoms with van der Waals surface area (Å²) in [6, 6.07) is 20.9. The van der Waals surface area contributed by atoms with Gasteiger partial charge in [-0.05, 0) is 42.0 Å². The van der Waals surface area contributed by atoms with Crippen LogP contribution in [0.15, 0.2) is 72.9 Å². The van der Waals surface area contributed by atoms with Gasteiger partial charge < -0.3 is 15.0 Å². The molecule has 0 aliphatic heterocycles. The first kappa shape index (κ1) is 17.5. The fraction of sp³-hybridized carbons (Fsp3) is 0.143. The number of hydrogen-bond acceptors (Lipinski definition) is 4. The van der Waals surface area contributed by atoms with Crippen LogP contribution in [-0.4, -0.2) is 25.0 Å². The number of pyridine rings is 1. The van der Waals surface area contributed by atoms with E-state index in [1.807, 2.05) is 37.4 Å². The van der Waals surface area contributed by atoms with E-state index in [0.29, 0.717) is 17.0 Å². The molecule has 3 aromatic rings. The zero-order valence-corrected chi connectivity index (χ0v) is 14.8. The number of benzene rings is 2. The first-order valence-electron chi connectivity index (χ1n) is 8.32. The van der Waals surface area contributed by atoms with E-state index in [4.69, 9.17) is 4.74 Å². The lowest BCUT2D eigenvalue weighted by Gasteiger charge is -2.18. The third kappa shape index (κ3) is 4.39. The highest BCUT2D eigenvalue weighted by Crippen LogP contribution is 2.17. The monoisotopic (exact) mass is 347 g/mol. The number of nitrogens with one attached hydrogen (secondary N) is 1. The third-order valence-electron chi connectivity index (χ3n) is 4.01. The van der Waals surface area contributed by atoms with Gasteiger partial charge in [0.05, 0.1) is 19.0 Å². The summed E-state index contributed by atoms with van der Waals surface area (Å²) < 4.78 is 5.10. The van der Waals surface area contributed by atoms with E-state index in [-0.39, 0.29) is 5.91 Å². The third-order valence-corrected chi connectivity index (χ3v) is 4.01. The number of rotatable bonds is 6. The van der Waals surface area contributed by atoms with Crippen LogP contribution >= 0.6 is 0 Å². The van der Waals surface area contributed by atoms with E-state index in [1.54, 1.807) is 37.6 Å². The smallest absolute Gasteiger partial charge is 0.255 e. The number of ether oxygens (including phenoxy) is 1. The Kier molecular flexibility index (Phi) is 5.49. The molecule has 0 saturated carbocycles. The summed E-state index contributed by atoms with van der Waals surface area (Å²) >= 11 is 0. The van der Waals surface area contributed by atoms with Crippen molar-refractivity contribution in [2.75, 3.05) is 24.4 Å². The molecule has 0 radical (unpaired) electrons. The van der Waals surface area contributed by atoms with Crippen LogP contribution in [0.2, 0.25) is 0 Å². The Morgan fingerprint density at radius 2 is 1.77 bits per heavy atom. The standard InChI is InChI=1S/C21H21N3O2/c1-24(15-16-6-4-3-5-7-16)20-13-10-18(14-22-20)23-21(25)17-8-11-19(26-2)12-9-17/h3-14H,15H2,1-2H3,(H,23,25). The summed E-state index contributed by atoms with van der Waals surface area (Å²) in [7, 11) is 3.59. The molecule has 0 bridgehead atoms. The van der Waals surface area contributed by atoms with Crippen molar-refractivity contribution >= 4 is 17.4 Å². The Balaban J connectivity index is 1.62. The summed E-state index contributed by atoms with van der Waals surface area (Å²) in [5, 5.41) is 2.85. The molecule has 1 aromatic heterocycles. The average Bonchev–Trinajstić information content (AvgIpc) is 2.69. The average molecular weight is 347 g/mol. The van der Waals surface area contributed by atoms with E-state index < -0.39 is 0 Å². The molecular formula is C21H21N3O2. The van der Waals surface area contributed by atoms with Crippen molar-refractivity contribution in [3.63, 3.8) is 0 Å². The van der Waals surface area contributed by atoms with Crippen LogP contribution in [0, 0.1) is 0 Å². The van der Waals surface area contributed by atoms with Crippen molar-refractivity contribution < 1.29 is 9.53 Å². The van der Waals surface area contributed by atoms with Crippen molar-refractivity contribution in [3.8, 4) is 5.75 Å². The molecule has 1 N–H and O–H groups in total. The van der Waals surface area contributed by atoms with Crippen molar-refractivity contribution in [2.24, 2.45) is 0 Å². The SMILES string of the molecule is COc1ccc(C(=O)Nc2ccc(N(C)Cc3ccccc3)nc2)cc1. The first-order chi connectivity index (χ1) is 12.7. The van der Waals surface area contributed by atoms with Gasteiger partial charge in [0.25, 0.3) is 5.91 Å². The highest BCUT2D eigenvalue weighted by molar-refractivity contribution is 6.04. The van der Waals surface area contributed by atoms with Crippen LogP contribution < -0.4 is 15.0 Å². The van der Waals surface area contributed by atoms with Crippen LogP contribution in [0.1, 0.15) is 15.9 Å². The molecule has 0 unspecified atom stereocenters. The van der Waals surface area contributed by atoms with E-state index >= 15 is 0 Å². The minimum atomic E-state index is -0.181. The number of aromatic nitrogens is 1. The molecule has 0 aliphatic rings. The number of amides is 1. The molecule has 132 valence electrons. The molecule has 26 heavy (non-hydrogen) atoms. The van der Waals surface area contributed by atoms with Crippen molar-refractivity contribution in [1.82, 2.24) is 4.98 Å². The van der Waals surface area contributed by atoms with Crippen LogP contribution in [-0.2, 0) is 6.54 Å². The molecule has 1 heterocycles. The predicted molar refractivity (Wildman–Crippen MR) is 104 cm³/mol. The Bertz CT molecular complexity index is 847. The number of hydrogen-bond donors (Lipinski definition) is 1. The maximum atomic E-state index is 12.3. The molecule has 5 nitrogen and oxygen atoms in total. The molecule has 0 fully saturated rings. The molecule has 3 rings (SSSR count). The Morgan fingerprint density at radius 3 is 2.38 bits per heavy atom. The highest BCUT2D eigenvalue weighted by Gasteiger charge is 2.08. The van der Waals surface area contributed by atoms with E-state index in [1.165, 1.54) is 5.56 Å². The molecule has 0 spiro atoms.